The van der Waals surface area contributed by atoms with Crippen LogP contribution in [0.25, 0.3) is 10.2 Å². The summed E-state index contributed by atoms with van der Waals surface area (Å²) >= 11 is 1.81. The Hall–Kier alpha value is -1.91. The third-order valence-electron chi connectivity index (χ3n) is 4.47. The van der Waals surface area contributed by atoms with E-state index < -0.39 is 0 Å². The van der Waals surface area contributed by atoms with E-state index in [1.807, 2.05) is 11.3 Å². The first-order valence-electron chi connectivity index (χ1n) is 8.27. The number of para-hydroxylation sites is 1. The highest BCUT2D eigenvalue weighted by Gasteiger charge is 2.24. The van der Waals surface area contributed by atoms with Gasteiger partial charge in [0.25, 0.3) is 0 Å². The maximum Gasteiger partial charge on any atom is 0.186 e. The molecule has 1 N–H and O–H groups in total. The van der Waals surface area contributed by atoms with Gasteiger partial charge in [0.05, 0.1) is 10.2 Å². The Labute approximate surface area is 141 Å². The van der Waals surface area contributed by atoms with Crippen molar-refractivity contribution in [2.24, 2.45) is 0 Å². The number of fused-ring (bicyclic) bond motifs is 1. The molecule has 0 unspecified atom stereocenters. The van der Waals surface area contributed by atoms with Crippen molar-refractivity contribution in [1.29, 1.82) is 0 Å². The highest BCUT2D eigenvalue weighted by Crippen LogP contribution is 2.32. The fraction of sp³-hybridized carbons (Fsp3) is 0.316. The number of hydrogen-bond acceptors (Lipinski definition) is 4. The number of hydrogen-bond donors (Lipinski definition) is 1. The summed E-state index contributed by atoms with van der Waals surface area (Å²) in [5.74, 6) is 0. The summed E-state index contributed by atoms with van der Waals surface area (Å²) in [6, 6.07) is 19.7. The second-order valence-electron chi connectivity index (χ2n) is 6.06. The molecule has 1 aliphatic rings. The van der Waals surface area contributed by atoms with E-state index in [9.17, 15) is 0 Å². The third kappa shape index (κ3) is 3.23. The van der Waals surface area contributed by atoms with Crippen LogP contribution in [-0.2, 0) is 6.54 Å². The van der Waals surface area contributed by atoms with Gasteiger partial charge in [-0.15, -0.1) is 0 Å². The number of rotatable bonds is 4. The second kappa shape index (κ2) is 6.69. The molecule has 2 aromatic carbocycles. The lowest BCUT2D eigenvalue weighted by molar-refractivity contribution is 0.428. The molecule has 1 fully saturated rings. The highest BCUT2D eigenvalue weighted by atomic mass is 32.1. The quantitative estimate of drug-likeness (QED) is 0.785. The smallest absolute Gasteiger partial charge is 0.186 e. The number of aromatic nitrogens is 1. The van der Waals surface area contributed by atoms with Gasteiger partial charge in [-0.3, -0.25) is 0 Å². The van der Waals surface area contributed by atoms with E-state index in [2.05, 4.69) is 64.8 Å². The second-order valence-corrected chi connectivity index (χ2v) is 7.07. The summed E-state index contributed by atoms with van der Waals surface area (Å²) in [7, 11) is 0. The van der Waals surface area contributed by atoms with Crippen LogP contribution in [0.15, 0.2) is 54.6 Å². The number of benzene rings is 2. The average molecular weight is 323 g/mol. The molecule has 4 heteroatoms. The topological polar surface area (TPSA) is 28.2 Å². The predicted molar refractivity (Wildman–Crippen MR) is 98.1 cm³/mol. The molecule has 1 saturated heterocycles. The first-order valence-corrected chi connectivity index (χ1v) is 9.09. The summed E-state index contributed by atoms with van der Waals surface area (Å²) in [5.41, 5.74) is 2.46. The summed E-state index contributed by atoms with van der Waals surface area (Å²) < 4.78 is 1.27. The van der Waals surface area contributed by atoms with Crippen LogP contribution in [0.5, 0.6) is 0 Å². The Kier molecular flexibility index (Phi) is 4.26. The van der Waals surface area contributed by atoms with Crippen LogP contribution < -0.4 is 10.2 Å². The van der Waals surface area contributed by atoms with E-state index in [-0.39, 0.29) is 0 Å². The Morgan fingerprint density at radius 1 is 1.00 bits per heavy atom. The first kappa shape index (κ1) is 14.7. The van der Waals surface area contributed by atoms with Crippen molar-refractivity contribution in [2.45, 2.75) is 25.4 Å². The fourth-order valence-electron chi connectivity index (χ4n) is 3.23. The van der Waals surface area contributed by atoms with E-state index in [1.54, 1.807) is 0 Å². The minimum absolute atomic E-state index is 0.567. The summed E-state index contributed by atoms with van der Waals surface area (Å²) in [6.07, 6.45) is 2.37. The number of thiazole rings is 1. The number of nitrogens with one attached hydrogen (secondary N) is 1. The molecule has 0 aliphatic carbocycles. The average Bonchev–Trinajstić information content (AvgIpc) is 3.05. The highest BCUT2D eigenvalue weighted by molar-refractivity contribution is 7.22. The number of piperidine rings is 1. The van der Waals surface area contributed by atoms with Gasteiger partial charge in [0.15, 0.2) is 5.13 Å². The van der Waals surface area contributed by atoms with Crippen molar-refractivity contribution in [1.82, 2.24) is 10.3 Å². The molecule has 0 amide bonds. The monoisotopic (exact) mass is 323 g/mol. The van der Waals surface area contributed by atoms with E-state index >= 15 is 0 Å². The molecule has 118 valence electrons. The zero-order valence-corrected chi connectivity index (χ0v) is 13.9. The standard InChI is InChI=1S/C19H21N3S/c1-2-6-15(7-3-1)14-22(16-10-12-20-13-11-16)19-21-17-8-4-5-9-18(17)23-19/h1-9,16,20H,10-14H2. The van der Waals surface area contributed by atoms with Crippen LogP contribution in [0.3, 0.4) is 0 Å². The zero-order valence-electron chi connectivity index (χ0n) is 13.1. The van der Waals surface area contributed by atoms with Gasteiger partial charge < -0.3 is 10.2 Å². The van der Waals surface area contributed by atoms with Crippen molar-refractivity contribution >= 4 is 26.7 Å². The molecular formula is C19H21N3S. The van der Waals surface area contributed by atoms with Crippen LogP contribution in [0, 0.1) is 0 Å². The Bertz CT molecular complexity index is 729. The van der Waals surface area contributed by atoms with Crippen LogP contribution in [0.4, 0.5) is 5.13 Å². The maximum atomic E-state index is 4.91. The van der Waals surface area contributed by atoms with Gasteiger partial charge in [-0.05, 0) is 43.6 Å². The molecule has 1 aromatic heterocycles. The van der Waals surface area contributed by atoms with Crippen LogP contribution in [0.1, 0.15) is 18.4 Å². The van der Waals surface area contributed by atoms with E-state index in [0.717, 1.165) is 30.3 Å². The third-order valence-corrected chi connectivity index (χ3v) is 5.55. The Balaban J connectivity index is 1.68. The van der Waals surface area contributed by atoms with Gasteiger partial charge in [-0.2, -0.15) is 0 Å². The molecule has 0 bridgehead atoms. The van der Waals surface area contributed by atoms with Crippen molar-refractivity contribution < 1.29 is 0 Å². The molecule has 2 heterocycles. The fourth-order valence-corrected chi connectivity index (χ4v) is 4.27. The normalized spacial score (nSPS) is 15.8. The molecule has 0 atom stereocenters. The van der Waals surface area contributed by atoms with E-state index in [1.165, 1.54) is 23.1 Å². The van der Waals surface area contributed by atoms with Crippen LogP contribution >= 0.6 is 11.3 Å². The van der Waals surface area contributed by atoms with Gasteiger partial charge in [0, 0.05) is 12.6 Å². The van der Waals surface area contributed by atoms with Gasteiger partial charge >= 0.3 is 0 Å². The number of anilines is 1. The summed E-state index contributed by atoms with van der Waals surface area (Å²) in [5, 5.41) is 4.62. The number of nitrogens with zero attached hydrogens (tertiary/aromatic N) is 2. The molecule has 3 aromatic rings. The molecule has 0 radical (unpaired) electrons. The molecular weight excluding hydrogens is 302 g/mol. The Morgan fingerprint density at radius 2 is 1.74 bits per heavy atom. The minimum Gasteiger partial charge on any atom is -0.341 e. The van der Waals surface area contributed by atoms with Crippen LogP contribution in [-0.4, -0.2) is 24.1 Å². The molecule has 0 spiro atoms. The molecule has 4 rings (SSSR count). The SMILES string of the molecule is c1ccc(CN(c2nc3ccccc3s2)C2CCNCC2)cc1. The molecule has 0 saturated carbocycles. The van der Waals surface area contributed by atoms with E-state index in [0.29, 0.717) is 6.04 Å². The van der Waals surface area contributed by atoms with Crippen molar-refractivity contribution in [3.63, 3.8) is 0 Å². The predicted octanol–water partition coefficient (Wildman–Crippen LogP) is 4.05. The van der Waals surface area contributed by atoms with Gasteiger partial charge in [0.2, 0.25) is 0 Å². The lowest BCUT2D eigenvalue weighted by Gasteiger charge is -2.34. The first-order chi connectivity index (χ1) is 11.4. The maximum absolute atomic E-state index is 4.91. The summed E-state index contributed by atoms with van der Waals surface area (Å²) in [6.45, 7) is 3.13. The zero-order chi connectivity index (χ0) is 15.5. The van der Waals surface area contributed by atoms with Gasteiger partial charge in [-0.1, -0.05) is 53.8 Å². The molecule has 23 heavy (non-hydrogen) atoms. The van der Waals surface area contributed by atoms with E-state index in [4.69, 9.17) is 4.98 Å². The minimum atomic E-state index is 0.567. The van der Waals surface area contributed by atoms with Crippen molar-refractivity contribution in [3.05, 3.63) is 60.2 Å². The van der Waals surface area contributed by atoms with Gasteiger partial charge in [-0.25, -0.2) is 4.98 Å². The lowest BCUT2D eigenvalue weighted by atomic mass is 10.0. The largest absolute Gasteiger partial charge is 0.341 e. The van der Waals surface area contributed by atoms with Gasteiger partial charge in [0.1, 0.15) is 0 Å². The van der Waals surface area contributed by atoms with Crippen molar-refractivity contribution in [2.75, 3.05) is 18.0 Å². The lowest BCUT2D eigenvalue weighted by Crippen LogP contribution is -2.42. The summed E-state index contributed by atoms with van der Waals surface area (Å²) in [4.78, 5) is 7.42. The molecule has 3 nitrogen and oxygen atoms in total. The molecule has 1 aliphatic heterocycles. The Morgan fingerprint density at radius 3 is 2.52 bits per heavy atom. The van der Waals surface area contributed by atoms with Crippen molar-refractivity contribution in [3.8, 4) is 0 Å². The van der Waals surface area contributed by atoms with Crippen LogP contribution in [0.2, 0.25) is 0 Å².